The van der Waals surface area contributed by atoms with Gasteiger partial charge in [0.05, 0.1) is 30.3 Å². The van der Waals surface area contributed by atoms with Crippen LogP contribution in [0.4, 0.5) is 5.69 Å². The van der Waals surface area contributed by atoms with Crippen LogP contribution >= 0.6 is 11.3 Å². The van der Waals surface area contributed by atoms with Gasteiger partial charge in [-0.15, -0.1) is 11.3 Å². The lowest BCUT2D eigenvalue weighted by molar-refractivity contribution is -0.121. The van der Waals surface area contributed by atoms with Crippen LogP contribution < -0.4 is 37.5 Å². The maximum absolute atomic E-state index is 13.0. The average molecular weight is 618 g/mol. The molecule has 0 radical (unpaired) electrons. The summed E-state index contributed by atoms with van der Waals surface area (Å²) in [4.78, 5) is 45.6. The average Bonchev–Trinajstić information content (AvgIpc) is 3.71. The summed E-state index contributed by atoms with van der Waals surface area (Å²) in [5.74, 6) is -0.446. The minimum absolute atomic E-state index is 0.0426. The Hall–Kier alpha value is -3.91. The van der Waals surface area contributed by atoms with Crippen molar-refractivity contribution in [3.05, 3.63) is 52.6 Å². The van der Waals surface area contributed by atoms with Gasteiger partial charge in [-0.2, -0.15) is 0 Å². The van der Waals surface area contributed by atoms with Gasteiger partial charge in [-0.05, 0) is 56.6 Å². The van der Waals surface area contributed by atoms with Gasteiger partial charge in [0, 0.05) is 24.6 Å². The van der Waals surface area contributed by atoms with E-state index in [1.54, 1.807) is 18.3 Å². The number of amides is 3. The zero-order valence-electron chi connectivity index (χ0n) is 26.1. The molecule has 1 atom stereocenters. The normalized spacial score (nSPS) is 18.1. The summed E-state index contributed by atoms with van der Waals surface area (Å²) in [7, 11) is 9.14. The third kappa shape index (κ3) is 8.82. The van der Waals surface area contributed by atoms with Crippen molar-refractivity contribution >= 4 is 58.3 Å². The zero-order valence-corrected chi connectivity index (χ0v) is 26.9. The molecule has 12 nitrogen and oxygen atoms in total. The van der Waals surface area contributed by atoms with E-state index in [1.165, 1.54) is 37.4 Å². The molecule has 4 rings (SSSR count). The lowest BCUT2D eigenvalue weighted by atomic mass is 9.49. The fourth-order valence-electron chi connectivity index (χ4n) is 4.86. The number of methoxy groups -OCH3 is 1. The molecular weight excluding hydrogens is 577 g/mol. The number of rotatable bonds is 12. The van der Waals surface area contributed by atoms with Gasteiger partial charge in [-0.1, -0.05) is 12.5 Å². The van der Waals surface area contributed by atoms with E-state index in [0.29, 0.717) is 39.5 Å². The first-order chi connectivity index (χ1) is 20.9. The Morgan fingerprint density at radius 1 is 1.18 bits per heavy atom. The number of benzene rings is 1. The lowest BCUT2D eigenvalue weighted by Gasteiger charge is -2.32. The Morgan fingerprint density at radius 3 is 2.59 bits per heavy atom. The second-order valence-corrected chi connectivity index (χ2v) is 13.3. The van der Waals surface area contributed by atoms with E-state index < -0.39 is 11.1 Å². The number of hydrogen-bond donors (Lipinski definition) is 6. The molecule has 2 fully saturated rings. The number of hydrogen-bond acceptors (Lipinski definition) is 10. The third-order valence-electron chi connectivity index (χ3n) is 7.41. The molecule has 44 heavy (non-hydrogen) atoms. The first-order valence-electron chi connectivity index (χ1n) is 14.8. The molecule has 2 aromatic rings. The van der Waals surface area contributed by atoms with Crippen LogP contribution in [0.1, 0.15) is 41.8 Å². The Morgan fingerprint density at radius 2 is 1.93 bits per heavy atom. The Balaban J connectivity index is 1.58. The highest BCUT2D eigenvalue weighted by atomic mass is 32.1. The molecule has 1 aromatic carbocycles. The number of nitrogens with zero attached hydrogens (tertiary/aromatic N) is 2. The van der Waals surface area contributed by atoms with E-state index in [9.17, 15) is 14.4 Å². The highest BCUT2D eigenvalue weighted by molar-refractivity contribution is 7.17. The summed E-state index contributed by atoms with van der Waals surface area (Å²) in [5, 5.41) is 11.8. The number of allylic oxidation sites excluding steroid dienone is 1. The molecule has 2 heterocycles. The molecule has 1 aromatic heterocycles. The van der Waals surface area contributed by atoms with Crippen molar-refractivity contribution in [3.8, 4) is 16.3 Å². The topological polar surface area (TPSA) is 177 Å². The molecule has 1 aliphatic carbocycles. The highest BCUT2D eigenvalue weighted by Crippen LogP contribution is 2.39. The molecule has 1 saturated carbocycles. The largest absolute Gasteiger partial charge is 0.494 e. The number of nitrogens with one attached hydrogen (secondary N) is 4. The SMILES string of the molecule is BC(B)(B)NC(=O)/C(N)=C(/C=C(\N)NC(=O)C1CC1)Nc1cccc(-c2ncc(C(=O)NCC3CCCCN3C)s2)c1OC. The van der Waals surface area contributed by atoms with Gasteiger partial charge < -0.3 is 42.4 Å². The molecule has 2 aliphatic rings. The van der Waals surface area contributed by atoms with Gasteiger partial charge >= 0.3 is 0 Å². The van der Waals surface area contributed by atoms with Crippen molar-refractivity contribution in [2.45, 2.75) is 43.4 Å². The number of likely N-dealkylation sites (N-methyl/N-ethyl adjacent to an activating group) is 1. The summed E-state index contributed by atoms with van der Waals surface area (Å²) in [6, 6.07) is 5.71. The maximum atomic E-state index is 13.0. The number of ether oxygens (including phenoxy) is 1. The van der Waals surface area contributed by atoms with Gasteiger partial charge in [0.2, 0.25) is 5.91 Å². The Labute approximate surface area is 265 Å². The van der Waals surface area contributed by atoms with Crippen molar-refractivity contribution in [2.24, 2.45) is 17.4 Å². The van der Waals surface area contributed by atoms with Crippen LogP contribution in [0.2, 0.25) is 0 Å². The number of carbonyl (C=O) groups excluding carboxylic acids is 3. The van der Waals surface area contributed by atoms with Gasteiger partial charge in [0.15, 0.2) is 5.75 Å². The number of nitrogens with two attached hydrogens (primary N) is 2. The second kappa shape index (κ2) is 14.3. The molecule has 0 spiro atoms. The third-order valence-corrected chi connectivity index (χ3v) is 8.44. The summed E-state index contributed by atoms with van der Waals surface area (Å²) >= 11 is 1.26. The van der Waals surface area contributed by atoms with Crippen LogP contribution in [0.5, 0.6) is 5.75 Å². The number of likely N-dealkylation sites (tertiary alicyclic amines) is 1. The molecule has 1 saturated heterocycles. The van der Waals surface area contributed by atoms with Crippen LogP contribution in [-0.4, -0.2) is 89.7 Å². The lowest BCUT2D eigenvalue weighted by Crippen LogP contribution is -2.51. The maximum Gasteiger partial charge on any atom is 0.267 e. The summed E-state index contributed by atoms with van der Waals surface area (Å²) in [5.41, 5.74) is 13.6. The Kier molecular flexibility index (Phi) is 10.7. The van der Waals surface area contributed by atoms with E-state index >= 15 is 0 Å². The van der Waals surface area contributed by atoms with Crippen LogP contribution in [0.15, 0.2) is 47.7 Å². The quantitative estimate of drug-likeness (QED) is 0.0947. The molecule has 3 amide bonds. The van der Waals surface area contributed by atoms with Gasteiger partial charge in [0.25, 0.3) is 11.8 Å². The van der Waals surface area contributed by atoms with E-state index in [4.69, 9.17) is 16.2 Å². The van der Waals surface area contributed by atoms with E-state index in [2.05, 4.69) is 38.2 Å². The molecule has 0 bridgehead atoms. The minimum Gasteiger partial charge on any atom is -0.494 e. The number of thiazole rings is 1. The van der Waals surface area contributed by atoms with Crippen molar-refractivity contribution in [2.75, 3.05) is 32.6 Å². The zero-order chi connectivity index (χ0) is 32.0. The summed E-state index contributed by atoms with van der Waals surface area (Å²) in [6.07, 6.45) is 8.03. The molecule has 16 heteroatoms. The fraction of sp³-hybridized carbons (Fsp3) is 0.429. The molecule has 232 valence electrons. The fourth-order valence-corrected chi connectivity index (χ4v) is 5.72. The number of carbonyl (C=O) groups is 3. The van der Waals surface area contributed by atoms with Crippen molar-refractivity contribution in [1.29, 1.82) is 0 Å². The minimum atomic E-state index is -0.541. The van der Waals surface area contributed by atoms with E-state index in [-0.39, 0.29) is 34.9 Å². The van der Waals surface area contributed by atoms with Crippen LogP contribution in [0.3, 0.4) is 0 Å². The van der Waals surface area contributed by atoms with E-state index in [1.807, 2.05) is 29.6 Å². The van der Waals surface area contributed by atoms with Gasteiger partial charge in [-0.3, -0.25) is 14.4 Å². The smallest absolute Gasteiger partial charge is 0.267 e. The standard InChI is InChI=1S/C28H41B3N8O4S/c1-39-11-4-3-6-16(39)13-34-25(41)20-14-35-27(44-20)17-7-5-8-18(23(17)43-2)36-19(22(33)26(42)38-28(29,30)31)12-21(32)37-24(40)15-9-10-15/h5,7-8,12,14-16,36H,3-4,6,9-11,13,29-33H2,1-2H3,(H,34,41)(H,37,40)(H,38,42)/b21-12+,22-19+. The monoisotopic (exact) mass is 618 g/mol. The van der Waals surface area contributed by atoms with Crippen LogP contribution in [-0.2, 0) is 9.59 Å². The molecule has 8 N–H and O–H groups in total. The van der Waals surface area contributed by atoms with E-state index in [0.717, 1.165) is 25.8 Å². The van der Waals surface area contributed by atoms with Crippen molar-refractivity contribution in [3.63, 3.8) is 0 Å². The van der Waals surface area contributed by atoms with Gasteiger partial charge in [-0.25, -0.2) is 4.98 Å². The molecule has 1 unspecified atom stereocenters. The first kappa shape index (κ1) is 33.0. The summed E-state index contributed by atoms with van der Waals surface area (Å²) < 4.78 is 5.78. The number of para-hydroxylation sites is 1. The van der Waals surface area contributed by atoms with Gasteiger partial charge in [0.1, 0.15) is 44.9 Å². The highest BCUT2D eigenvalue weighted by Gasteiger charge is 2.30. The number of anilines is 1. The Bertz CT molecular complexity index is 1450. The molecule has 1 aliphatic heterocycles. The molecular formula is C28H41B3N8O4S. The number of aromatic nitrogens is 1. The second-order valence-electron chi connectivity index (χ2n) is 12.3. The van der Waals surface area contributed by atoms with Crippen molar-refractivity contribution in [1.82, 2.24) is 25.8 Å². The predicted molar refractivity (Wildman–Crippen MR) is 181 cm³/mol. The van der Waals surface area contributed by atoms with Crippen LogP contribution in [0, 0.1) is 5.92 Å². The predicted octanol–water partition coefficient (Wildman–Crippen LogP) is -1.43. The van der Waals surface area contributed by atoms with Crippen molar-refractivity contribution < 1.29 is 19.1 Å². The van der Waals surface area contributed by atoms with Crippen LogP contribution in [0.25, 0.3) is 10.6 Å². The first-order valence-corrected chi connectivity index (χ1v) is 15.7. The summed E-state index contributed by atoms with van der Waals surface area (Å²) in [6.45, 7) is 1.62. The number of piperidine rings is 1.